The van der Waals surface area contributed by atoms with Gasteiger partial charge in [0.15, 0.2) is 0 Å². The molecule has 0 radical (unpaired) electrons. The third-order valence-electron chi connectivity index (χ3n) is 2.63. The minimum Gasteiger partial charge on any atom is -0.258 e. The number of hydrogen-bond donors (Lipinski definition) is 0. The lowest BCUT2D eigenvalue weighted by Crippen LogP contribution is -1.93. The van der Waals surface area contributed by atoms with Gasteiger partial charge in [-0.15, -0.1) is 0 Å². The summed E-state index contributed by atoms with van der Waals surface area (Å²) in [5, 5.41) is 21.7. The first-order valence-electron chi connectivity index (χ1n) is 5.29. The molecule has 0 N–H and O–H groups in total. The normalized spacial score (nSPS) is 10.3. The fourth-order valence-corrected chi connectivity index (χ4v) is 2.22. The lowest BCUT2D eigenvalue weighted by Gasteiger charge is -2.07. The second-order valence-electron chi connectivity index (χ2n) is 3.82. The minimum atomic E-state index is -0.628. The monoisotopic (exact) mass is 312 g/mol. The Balaban J connectivity index is 2.68. The average molecular weight is 313 g/mol. The molecule has 0 spiro atoms. The molecule has 0 amide bonds. The third-order valence-corrected chi connectivity index (χ3v) is 3.35. The van der Waals surface area contributed by atoms with E-state index in [2.05, 4.69) is 0 Å². The lowest BCUT2D eigenvalue weighted by atomic mass is 10.0. The molecule has 0 aliphatic rings. The molecule has 102 valence electrons. The van der Waals surface area contributed by atoms with Crippen LogP contribution in [-0.2, 0) is 0 Å². The van der Waals surface area contributed by atoms with Crippen molar-refractivity contribution >= 4 is 34.6 Å². The fourth-order valence-electron chi connectivity index (χ4n) is 1.70. The first kappa shape index (κ1) is 14.2. The van der Waals surface area contributed by atoms with Gasteiger partial charge in [0.05, 0.1) is 9.85 Å². The smallest absolute Gasteiger partial charge is 0.258 e. The predicted molar refractivity (Wildman–Crippen MR) is 75.2 cm³/mol. The topological polar surface area (TPSA) is 86.3 Å². The Morgan fingerprint density at radius 2 is 1.60 bits per heavy atom. The van der Waals surface area contributed by atoms with E-state index in [1.54, 1.807) is 0 Å². The van der Waals surface area contributed by atoms with E-state index >= 15 is 0 Å². The Labute approximate surface area is 122 Å². The number of halogens is 2. The molecule has 0 atom stereocenters. The van der Waals surface area contributed by atoms with Crippen molar-refractivity contribution in [2.45, 2.75) is 0 Å². The second kappa shape index (κ2) is 5.44. The minimum absolute atomic E-state index is 0.111. The molecule has 0 unspecified atom stereocenters. The first-order valence-corrected chi connectivity index (χ1v) is 6.04. The van der Waals surface area contributed by atoms with E-state index in [1.807, 2.05) is 0 Å². The highest BCUT2D eigenvalue weighted by Crippen LogP contribution is 2.39. The van der Waals surface area contributed by atoms with Crippen LogP contribution in [0.25, 0.3) is 11.1 Å². The van der Waals surface area contributed by atoms with Crippen molar-refractivity contribution in [3.8, 4) is 11.1 Å². The number of rotatable bonds is 3. The van der Waals surface area contributed by atoms with Crippen LogP contribution >= 0.6 is 23.2 Å². The van der Waals surface area contributed by atoms with E-state index in [0.717, 1.165) is 0 Å². The Bertz CT molecular complexity index is 719. The molecule has 8 heteroatoms. The standard InChI is InChI=1S/C12H6Cl2N2O4/c13-10-5-4-7(15(17)18)6-9(10)8-2-1-3-11(12(8)14)16(19)20/h1-6H. The quantitative estimate of drug-likeness (QED) is 0.617. The summed E-state index contributed by atoms with van der Waals surface area (Å²) in [6.07, 6.45) is 0. The fraction of sp³-hybridized carbons (Fsp3) is 0. The van der Waals surface area contributed by atoms with Crippen molar-refractivity contribution < 1.29 is 9.85 Å². The largest absolute Gasteiger partial charge is 0.288 e. The summed E-state index contributed by atoms with van der Waals surface area (Å²) < 4.78 is 0. The van der Waals surface area contributed by atoms with Crippen molar-refractivity contribution in [2.75, 3.05) is 0 Å². The van der Waals surface area contributed by atoms with Crippen LogP contribution in [0.15, 0.2) is 36.4 Å². The number of nitro groups is 2. The molecule has 6 nitrogen and oxygen atoms in total. The van der Waals surface area contributed by atoms with E-state index in [0.29, 0.717) is 0 Å². The van der Waals surface area contributed by atoms with Crippen molar-refractivity contribution in [1.82, 2.24) is 0 Å². The number of non-ortho nitro benzene ring substituents is 1. The van der Waals surface area contributed by atoms with Gasteiger partial charge in [0, 0.05) is 34.3 Å². The van der Waals surface area contributed by atoms with Crippen LogP contribution in [0.2, 0.25) is 10.0 Å². The van der Waals surface area contributed by atoms with Crippen molar-refractivity contribution in [2.24, 2.45) is 0 Å². The van der Waals surface area contributed by atoms with Gasteiger partial charge in [0.1, 0.15) is 5.02 Å². The molecular formula is C12H6Cl2N2O4. The van der Waals surface area contributed by atoms with Crippen molar-refractivity contribution in [1.29, 1.82) is 0 Å². The summed E-state index contributed by atoms with van der Waals surface area (Å²) in [6, 6.07) is 8.03. The van der Waals surface area contributed by atoms with Gasteiger partial charge in [-0.25, -0.2) is 0 Å². The molecule has 2 aromatic carbocycles. The summed E-state index contributed by atoms with van der Waals surface area (Å²) in [5.41, 5.74) is 0.0860. The molecule has 0 saturated carbocycles. The molecule has 2 rings (SSSR count). The van der Waals surface area contributed by atoms with Crippen LogP contribution in [-0.4, -0.2) is 9.85 Å². The van der Waals surface area contributed by atoms with Crippen LogP contribution in [0.5, 0.6) is 0 Å². The van der Waals surface area contributed by atoms with Gasteiger partial charge in [-0.05, 0) is 6.07 Å². The molecule has 20 heavy (non-hydrogen) atoms. The summed E-state index contributed by atoms with van der Waals surface area (Å²) >= 11 is 12.0. The van der Waals surface area contributed by atoms with Crippen LogP contribution < -0.4 is 0 Å². The maximum atomic E-state index is 10.8. The van der Waals surface area contributed by atoms with E-state index < -0.39 is 9.85 Å². The molecule has 0 aliphatic carbocycles. The van der Waals surface area contributed by atoms with Gasteiger partial charge in [-0.1, -0.05) is 35.3 Å². The van der Waals surface area contributed by atoms with Gasteiger partial charge in [0.2, 0.25) is 0 Å². The van der Waals surface area contributed by atoms with E-state index in [-0.39, 0.29) is 32.5 Å². The second-order valence-corrected chi connectivity index (χ2v) is 4.60. The first-order chi connectivity index (χ1) is 9.41. The Kier molecular flexibility index (Phi) is 3.87. The number of nitrogens with zero attached hydrogens (tertiary/aromatic N) is 2. The number of benzene rings is 2. The highest BCUT2D eigenvalue weighted by molar-refractivity contribution is 6.37. The summed E-state index contributed by atoms with van der Waals surface area (Å²) in [5.74, 6) is 0. The summed E-state index contributed by atoms with van der Waals surface area (Å²) in [6.45, 7) is 0. The third kappa shape index (κ3) is 2.56. The van der Waals surface area contributed by atoms with Crippen molar-refractivity contribution in [3.05, 3.63) is 66.7 Å². The Morgan fingerprint density at radius 1 is 0.900 bits per heavy atom. The van der Waals surface area contributed by atoms with Crippen LogP contribution in [0.4, 0.5) is 11.4 Å². The highest BCUT2D eigenvalue weighted by atomic mass is 35.5. The number of hydrogen-bond acceptors (Lipinski definition) is 4. The number of nitro benzene ring substituents is 2. The molecular weight excluding hydrogens is 307 g/mol. The lowest BCUT2D eigenvalue weighted by molar-refractivity contribution is -0.385. The molecule has 0 saturated heterocycles. The summed E-state index contributed by atoms with van der Waals surface area (Å²) in [7, 11) is 0. The SMILES string of the molecule is O=[N+]([O-])c1ccc(Cl)c(-c2cccc([N+](=O)[O-])c2Cl)c1. The molecule has 0 aliphatic heterocycles. The van der Waals surface area contributed by atoms with Crippen LogP contribution in [0, 0.1) is 20.2 Å². The zero-order valence-electron chi connectivity index (χ0n) is 9.75. The zero-order chi connectivity index (χ0) is 14.9. The van der Waals surface area contributed by atoms with Gasteiger partial charge < -0.3 is 0 Å². The van der Waals surface area contributed by atoms with Gasteiger partial charge in [-0.2, -0.15) is 0 Å². The zero-order valence-corrected chi connectivity index (χ0v) is 11.3. The average Bonchev–Trinajstić information content (AvgIpc) is 2.39. The van der Waals surface area contributed by atoms with Crippen LogP contribution in [0.3, 0.4) is 0 Å². The van der Waals surface area contributed by atoms with Crippen molar-refractivity contribution in [3.63, 3.8) is 0 Å². The van der Waals surface area contributed by atoms with E-state index in [9.17, 15) is 20.2 Å². The highest BCUT2D eigenvalue weighted by Gasteiger charge is 2.19. The molecule has 0 heterocycles. The van der Waals surface area contributed by atoms with Crippen LogP contribution in [0.1, 0.15) is 0 Å². The maximum absolute atomic E-state index is 10.8. The molecule has 2 aromatic rings. The molecule has 0 fully saturated rings. The molecule has 0 bridgehead atoms. The van der Waals surface area contributed by atoms with Gasteiger partial charge in [0.25, 0.3) is 11.4 Å². The Morgan fingerprint density at radius 3 is 2.20 bits per heavy atom. The van der Waals surface area contributed by atoms with Gasteiger partial charge >= 0.3 is 0 Å². The van der Waals surface area contributed by atoms with Gasteiger partial charge in [-0.3, -0.25) is 20.2 Å². The predicted octanol–water partition coefficient (Wildman–Crippen LogP) is 4.48. The summed E-state index contributed by atoms with van der Waals surface area (Å²) in [4.78, 5) is 20.4. The molecule has 0 aromatic heterocycles. The van der Waals surface area contributed by atoms with E-state index in [4.69, 9.17) is 23.2 Å². The van der Waals surface area contributed by atoms with E-state index in [1.165, 1.54) is 36.4 Å². The Hall–Kier alpha value is -2.18. The maximum Gasteiger partial charge on any atom is 0.288 e.